The average Bonchev–Trinajstić information content (AvgIpc) is 2.66. The van der Waals surface area contributed by atoms with Crippen LogP contribution >= 0.6 is 0 Å². The van der Waals surface area contributed by atoms with Crippen molar-refractivity contribution in [2.24, 2.45) is 0 Å². The van der Waals surface area contributed by atoms with Gasteiger partial charge in [0.2, 0.25) is 0 Å². The lowest BCUT2D eigenvalue weighted by atomic mass is 10.0. The lowest BCUT2D eigenvalue weighted by molar-refractivity contribution is -0.167. The summed E-state index contributed by atoms with van der Waals surface area (Å²) in [5.41, 5.74) is 5.40. The molecule has 0 amide bonds. The summed E-state index contributed by atoms with van der Waals surface area (Å²) in [5, 5.41) is 17.7. The fourth-order valence-corrected chi connectivity index (χ4v) is 2.73. The molecule has 0 aromatic rings. The summed E-state index contributed by atoms with van der Waals surface area (Å²) in [6, 6.07) is 0. The first-order valence-corrected chi connectivity index (χ1v) is 10.8. The number of esters is 2. The second kappa shape index (κ2) is 16.8. The van der Waals surface area contributed by atoms with Crippen molar-refractivity contribution in [1.82, 2.24) is 0 Å². The van der Waals surface area contributed by atoms with E-state index in [1.807, 2.05) is 13.0 Å². The zero-order valence-corrected chi connectivity index (χ0v) is 19.4. The van der Waals surface area contributed by atoms with E-state index in [2.05, 4.69) is 50.7 Å². The average molecular weight is 421 g/mol. The Bertz CT molecular complexity index is 648. The second-order valence-corrected chi connectivity index (χ2v) is 8.08. The van der Waals surface area contributed by atoms with Crippen LogP contribution in [0.3, 0.4) is 0 Å². The topological polar surface area (TPSA) is 83.8 Å². The monoisotopic (exact) mass is 420 g/mol. The van der Waals surface area contributed by atoms with Crippen molar-refractivity contribution >= 4 is 11.9 Å². The van der Waals surface area contributed by atoms with Crippen molar-refractivity contribution in [2.45, 2.75) is 92.1 Å². The van der Waals surface area contributed by atoms with Crippen LogP contribution in [-0.2, 0) is 14.3 Å². The molecule has 0 heterocycles. The minimum atomic E-state index is -1.66. The molecule has 1 atom stereocenters. The Morgan fingerprint density at radius 2 is 1.13 bits per heavy atom. The number of hydrogen-bond donors (Lipinski definition) is 2. The van der Waals surface area contributed by atoms with Gasteiger partial charge in [0.1, 0.15) is 0 Å². The fraction of sp³-hybridized carbons (Fsp3) is 0.600. The highest BCUT2D eigenvalue weighted by atomic mass is 16.6. The molecule has 5 nitrogen and oxygen atoms in total. The predicted octanol–water partition coefficient (Wildman–Crippen LogP) is 5.34. The van der Waals surface area contributed by atoms with Crippen molar-refractivity contribution in [2.75, 3.05) is 6.61 Å². The van der Waals surface area contributed by atoms with Crippen LogP contribution in [0.25, 0.3) is 0 Å². The van der Waals surface area contributed by atoms with E-state index in [1.165, 1.54) is 22.3 Å². The number of ether oxygens (including phenoxy) is 1. The largest absolute Gasteiger partial charge is 0.393 e. The Hall–Kier alpha value is -1.98. The number of aliphatic hydroxyl groups excluding tert-OH is 2. The molecular weight excluding hydrogens is 380 g/mol. The quantitative estimate of drug-likeness (QED) is 0.225. The Labute approximate surface area is 182 Å². The lowest BCUT2D eigenvalue weighted by Gasteiger charge is -2.06. The van der Waals surface area contributed by atoms with Crippen LogP contribution in [0.4, 0.5) is 0 Å². The van der Waals surface area contributed by atoms with E-state index in [4.69, 9.17) is 10.2 Å². The van der Waals surface area contributed by atoms with Crippen molar-refractivity contribution in [3.8, 4) is 0 Å². The molecular formula is C25H40O5. The Morgan fingerprint density at radius 1 is 0.733 bits per heavy atom. The minimum absolute atomic E-state index is 0.0649. The summed E-state index contributed by atoms with van der Waals surface area (Å²) >= 11 is 0. The molecule has 0 aliphatic heterocycles. The standard InChI is InChI=1S/C25H40O5/c1-19(2)10-6-11-20(3)12-7-13-21(4)14-8-15-22(5)16-9-17-24(28)30-25(29)23(27)18-26/h10,12,14,16,23,26-27H,6-9,11,13,15,17-18H2,1-5H3/b20-12+,21-14+,22-16+. The molecule has 0 aromatic heterocycles. The molecule has 170 valence electrons. The van der Waals surface area contributed by atoms with Gasteiger partial charge in [-0.3, -0.25) is 4.79 Å². The van der Waals surface area contributed by atoms with Gasteiger partial charge < -0.3 is 14.9 Å². The second-order valence-electron chi connectivity index (χ2n) is 8.08. The summed E-state index contributed by atoms with van der Waals surface area (Å²) in [5.74, 6) is -1.81. The highest BCUT2D eigenvalue weighted by Crippen LogP contribution is 2.14. The number of carbonyl (C=O) groups is 2. The van der Waals surface area contributed by atoms with Crippen LogP contribution in [0.2, 0.25) is 0 Å². The lowest BCUT2D eigenvalue weighted by Crippen LogP contribution is -2.28. The zero-order valence-electron chi connectivity index (χ0n) is 19.4. The molecule has 0 bridgehead atoms. The van der Waals surface area contributed by atoms with E-state index < -0.39 is 24.6 Å². The number of carbonyl (C=O) groups excluding carboxylic acids is 2. The molecule has 5 heteroatoms. The minimum Gasteiger partial charge on any atom is -0.393 e. The van der Waals surface area contributed by atoms with Gasteiger partial charge in [-0.15, -0.1) is 0 Å². The molecule has 0 aliphatic rings. The Morgan fingerprint density at radius 3 is 1.53 bits per heavy atom. The maximum Gasteiger partial charge on any atom is 0.345 e. The summed E-state index contributed by atoms with van der Waals surface area (Å²) in [7, 11) is 0. The molecule has 0 aliphatic carbocycles. The molecule has 0 spiro atoms. The zero-order chi connectivity index (χ0) is 22.9. The summed E-state index contributed by atoms with van der Waals surface area (Å²) in [6.07, 6.45) is 14.0. The normalized spacial score (nSPS) is 13.8. The molecule has 2 N–H and O–H groups in total. The van der Waals surface area contributed by atoms with Crippen molar-refractivity contribution in [3.63, 3.8) is 0 Å². The summed E-state index contributed by atoms with van der Waals surface area (Å²) in [4.78, 5) is 22.7. The van der Waals surface area contributed by atoms with Crippen LogP contribution < -0.4 is 0 Å². The molecule has 1 unspecified atom stereocenters. The van der Waals surface area contributed by atoms with E-state index in [0.29, 0.717) is 6.42 Å². The van der Waals surface area contributed by atoms with E-state index in [0.717, 1.165) is 38.5 Å². The Kier molecular flexibility index (Phi) is 15.7. The van der Waals surface area contributed by atoms with Crippen LogP contribution in [0.5, 0.6) is 0 Å². The molecule has 0 rings (SSSR count). The number of rotatable bonds is 14. The third kappa shape index (κ3) is 15.9. The van der Waals surface area contributed by atoms with Gasteiger partial charge in [-0.05, 0) is 79.6 Å². The predicted molar refractivity (Wildman–Crippen MR) is 122 cm³/mol. The highest BCUT2D eigenvalue weighted by Gasteiger charge is 2.18. The molecule has 0 saturated carbocycles. The number of allylic oxidation sites excluding steroid dienone is 8. The van der Waals surface area contributed by atoms with E-state index in [-0.39, 0.29) is 6.42 Å². The van der Waals surface area contributed by atoms with Crippen molar-refractivity contribution in [3.05, 3.63) is 46.6 Å². The third-order valence-electron chi connectivity index (χ3n) is 4.65. The van der Waals surface area contributed by atoms with Gasteiger partial charge in [-0.25, -0.2) is 4.79 Å². The summed E-state index contributed by atoms with van der Waals surface area (Å²) < 4.78 is 4.45. The first kappa shape index (κ1) is 28.0. The maximum atomic E-state index is 11.5. The summed E-state index contributed by atoms with van der Waals surface area (Å²) in [6.45, 7) is 9.89. The first-order chi connectivity index (χ1) is 14.1. The van der Waals surface area contributed by atoms with Gasteiger partial charge in [0, 0.05) is 6.42 Å². The molecule has 0 radical (unpaired) electrons. The van der Waals surface area contributed by atoms with Crippen LogP contribution in [0.15, 0.2) is 46.6 Å². The number of hydrogen-bond acceptors (Lipinski definition) is 5. The van der Waals surface area contributed by atoms with E-state index >= 15 is 0 Å². The van der Waals surface area contributed by atoms with Gasteiger partial charge in [-0.1, -0.05) is 46.6 Å². The third-order valence-corrected chi connectivity index (χ3v) is 4.65. The van der Waals surface area contributed by atoms with Crippen LogP contribution in [0, 0.1) is 0 Å². The highest BCUT2D eigenvalue weighted by molar-refractivity contribution is 5.87. The van der Waals surface area contributed by atoms with E-state index in [9.17, 15) is 9.59 Å². The van der Waals surface area contributed by atoms with Gasteiger partial charge >= 0.3 is 11.9 Å². The van der Waals surface area contributed by atoms with Gasteiger partial charge in [0.25, 0.3) is 0 Å². The van der Waals surface area contributed by atoms with Crippen LogP contribution in [-0.4, -0.2) is 34.9 Å². The van der Waals surface area contributed by atoms with E-state index in [1.54, 1.807) is 0 Å². The van der Waals surface area contributed by atoms with Crippen molar-refractivity contribution in [1.29, 1.82) is 0 Å². The Balaban J connectivity index is 4.10. The SMILES string of the molecule is CC(C)=CCC/C(C)=C/CC/C(C)=C/CC/C(C)=C/CCC(=O)OC(=O)C(O)CO. The molecule has 0 fully saturated rings. The van der Waals surface area contributed by atoms with Crippen LogP contribution in [0.1, 0.15) is 86.0 Å². The van der Waals surface area contributed by atoms with Gasteiger partial charge in [0.15, 0.2) is 6.10 Å². The smallest absolute Gasteiger partial charge is 0.345 e. The number of aliphatic hydroxyl groups is 2. The van der Waals surface area contributed by atoms with Gasteiger partial charge in [-0.2, -0.15) is 0 Å². The van der Waals surface area contributed by atoms with Crippen molar-refractivity contribution < 1.29 is 24.5 Å². The fourth-order valence-electron chi connectivity index (χ4n) is 2.73. The molecule has 0 aromatic carbocycles. The van der Waals surface area contributed by atoms with Gasteiger partial charge in [0.05, 0.1) is 6.61 Å². The molecule has 0 saturated heterocycles. The molecule has 30 heavy (non-hydrogen) atoms. The first-order valence-electron chi connectivity index (χ1n) is 10.8. The maximum absolute atomic E-state index is 11.5.